The van der Waals surface area contributed by atoms with E-state index in [2.05, 4.69) is 10.2 Å². The molecule has 148 valence electrons. The summed E-state index contributed by atoms with van der Waals surface area (Å²) >= 11 is 0. The third-order valence-electron chi connectivity index (χ3n) is 5.46. The van der Waals surface area contributed by atoms with Gasteiger partial charge in [0.15, 0.2) is 17.3 Å². The Kier molecular flexibility index (Phi) is 6.68. The molecular formula is C20H29N3O4. The van der Waals surface area contributed by atoms with Gasteiger partial charge >= 0.3 is 0 Å². The predicted octanol–water partition coefficient (Wildman–Crippen LogP) is 1.17. The summed E-state index contributed by atoms with van der Waals surface area (Å²) in [7, 11) is 3.10. The summed E-state index contributed by atoms with van der Waals surface area (Å²) in [5.74, 6) is 1.12. The lowest BCUT2D eigenvalue weighted by molar-refractivity contribution is -0.130. The van der Waals surface area contributed by atoms with E-state index in [9.17, 15) is 9.59 Å². The second-order valence-electron chi connectivity index (χ2n) is 7.06. The molecule has 2 aliphatic heterocycles. The van der Waals surface area contributed by atoms with Crippen molar-refractivity contribution in [2.75, 3.05) is 53.5 Å². The highest BCUT2D eigenvalue weighted by Gasteiger charge is 2.30. The molecule has 1 atom stereocenters. The Hall–Kier alpha value is -2.12. The zero-order chi connectivity index (χ0) is 19.2. The molecule has 2 heterocycles. The van der Waals surface area contributed by atoms with Crippen molar-refractivity contribution in [1.82, 2.24) is 15.1 Å². The van der Waals surface area contributed by atoms with E-state index < -0.39 is 0 Å². The number of hydrogen-bond donors (Lipinski definition) is 1. The van der Waals surface area contributed by atoms with Crippen molar-refractivity contribution in [1.29, 1.82) is 0 Å². The Morgan fingerprint density at radius 3 is 2.52 bits per heavy atom. The van der Waals surface area contributed by atoms with E-state index >= 15 is 0 Å². The normalized spacial score (nSPS) is 20.5. The smallest absolute Gasteiger partial charge is 0.223 e. The average Bonchev–Trinajstić information content (AvgIpc) is 3.22. The topological polar surface area (TPSA) is 71.1 Å². The summed E-state index contributed by atoms with van der Waals surface area (Å²) in [6.45, 7) is 5.70. The Labute approximate surface area is 160 Å². The van der Waals surface area contributed by atoms with E-state index in [-0.39, 0.29) is 24.5 Å². The third-order valence-corrected chi connectivity index (χ3v) is 5.46. The number of ether oxygens (including phenoxy) is 2. The van der Waals surface area contributed by atoms with Gasteiger partial charge in [-0.1, -0.05) is 0 Å². The van der Waals surface area contributed by atoms with Crippen LogP contribution in [0.3, 0.4) is 0 Å². The maximum atomic E-state index is 12.5. The number of carbonyl (C=O) groups excluding carboxylic acids is 2. The molecule has 3 rings (SSSR count). The molecule has 1 N–H and O–H groups in total. The molecule has 0 saturated carbocycles. The number of amides is 1. The van der Waals surface area contributed by atoms with Gasteiger partial charge in [0.2, 0.25) is 5.91 Å². The van der Waals surface area contributed by atoms with Gasteiger partial charge in [0.1, 0.15) is 0 Å². The first-order valence-corrected chi connectivity index (χ1v) is 9.60. The van der Waals surface area contributed by atoms with Crippen LogP contribution in [-0.2, 0) is 4.79 Å². The number of hydrogen-bond acceptors (Lipinski definition) is 6. The van der Waals surface area contributed by atoms with Gasteiger partial charge in [-0.05, 0) is 24.6 Å². The molecule has 27 heavy (non-hydrogen) atoms. The van der Waals surface area contributed by atoms with Crippen molar-refractivity contribution >= 4 is 11.7 Å². The van der Waals surface area contributed by atoms with Gasteiger partial charge in [-0.2, -0.15) is 0 Å². The third kappa shape index (κ3) is 4.78. The number of methoxy groups -OCH3 is 2. The summed E-state index contributed by atoms with van der Waals surface area (Å²) < 4.78 is 10.4. The summed E-state index contributed by atoms with van der Waals surface area (Å²) in [4.78, 5) is 29.4. The van der Waals surface area contributed by atoms with Crippen LogP contribution in [0.5, 0.6) is 11.5 Å². The Morgan fingerprint density at radius 2 is 1.81 bits per heavy atom. The van der Waals surface area contributed by atoms with Crippen LogP contribution < -0.4 is 14.8 Å². The monoisotopic (exact) mass is 375 g/mol. The number of ketones is 1. The highest BCUT2D eigenvalue weighted by molar-refractivity contribution is 5.98. The first-order valence-electron chi connectivity index (χ1n) is 9.60. The highest BCUT2D eigenvalue weighted by Crippen LogP contribution is 2.28. The second-order valence-corrected chi connectivity index (χ2v) is 7.06. The zero-order valence-electron chi connectivity index (χ0n) is 16.2. The van der Waals surface area contributed by atoms with E-state index in [1.807, 2.05) is 4.90 Å². The molecule has 1 aromatic rings. The SMILES string of the molecule is COc1ccc(C(=O)CCC(=O)N2CCC(N3CCNCC3)C2)cc1OC. The van der Waals surface area contributed by atoms with Crippen molar-refractivity contribution in [3.05, 3.63) is 23.8 Å². The molecule has 1 aromatic carbocycles. The predicted molar refractivity (Wildman–Crippen MR) is 103 cm³/mol. The van der Waals surface area contributed by atoms with Crippen LogP contribution in [0.2, 0.25) is 0 Å². The van der Waals surface area contributed by atoms with Crippen LogP contribution in [0, 0.1) is 0 Å². The quantitative estimate of drug-likeness (QED) is 0.722. The minimum Gasteiger partial charge on any atom is -0.493 e. The summed E-state index contributed by atoms with van der Waals surface area (Å²) in [6, 6.07) is 5.55. The van der Waals surface area contributed by atoms with Gasteiger partial charge in [-0.25, -0.2) is 0 Å². The molecule has 1 unspecified atom stereocenters. The van der Waals surface area contributed by atoms with Crippen molar-refractivity contribution in [2.24, 2.45) is 0 Å². The first-order chi connectivity index (χ1) is 13.1. The fraction of sp³-hybridized carbons (Fsp3) is 0.600. The van der Waals surface area contributed by atoms with Crippen molar-refractivity contribution in [2.45, 2.75) is 25.3 Å². The highest BCUT2D eigenvalue weighted by atomic mass is 16.5. The van der Waals surface area contributed by atoms with Crippen LogP contribution in [0.1, 0.15) is 29.6 Å². The molecule has 0 bridgehead atoms. The number of benzene rings is 1. The van der Waals surface area contributed by atoms with Crippen LogP contribution in [-0.4, -0.2) is 81.0 Å². The summed E-state index contributed by atoms with van der Waals surface area (Å²) in [5.41, 5.74) is 0.542. The van der Waals surface area contributed by atoms with Gasteiger partial charge in [0, 0.05) is 63.7 Å². The molecule has 0 aliphatic carbocycles. The molecule has 0 radical (unpaired) electrons. The molecule has 2 aliphatic rings. The molecule has 2 fully saturated rings. The van der Waals surface area contributed by atoms with E-state index in [4.69, 9.17) is 9.47 Å². The van der Waals surface area contributed by atoms with Crippen molar-refractivity contribution < 1.29 is 19.1 Å². The Morgan fingerprint density at radius 1 is 1.07 bits per heavy atom. The fourth-order valence-electron chi connectivity index (χ4n) is 3.85. The minimum absolute atomic E-state index is 0.0536. The molecular weight excluding hydrogens is 346 g/mol. The lowest BCUT2D eigenvalue weighted by Crippen LogP contribution is -2.49. The molecule has 1 amide bonds. The number of nitrogens with one attached hydrogen (secondary N) is 1. The van der Waals surface area contributed by atoms with E-state index in [0.717, 1.165) is 45.7 Å². The number of Topliss-reactive ketones (excluding diaryl/α,β-unsaturated/α-hetero) is 1. The van der Waals surface area contributed by atoms with Gasteiger partial charge in [0.05, 0.1) is 14.2 Å². The van der Waals surface area contributed by atoms with Gasteiger partial charge < -0.3 is 19.7 Å². The van der Waals surface area contributed by atoms with Crippen LogP contribution >= 0.6 is 0 Å². The molecule has 0 aromatic heterocycles. The van der Waals surface area contributed by atoms with Gasteiger partial charge in [-0.15, -0.1) is 0 Å². The summed E-state index contributed by atoms with van der Waals surface area (Å²) in [5, 5.41) is 3.36. The number of nitrogens with zero attached hydrogens (tertiary/aromatic N) is 2. The molecule has 0 spiro atoms. The van der Waals surface area contributed by atoms with Crippen molar-refractivity contribution in [3.8, 4) is 11.5 Å². The maximum absolute atomic E-state index is 12.5. The van der Waals surface area contributed by atoms with E-state index in [0.29, 0.717) is 23.1 Å². The van der Waals surface area contributed by atoms with E-state index in [1.165, 1.54) is 7.11 Å². The largest absolute Gasteiger partial charge is 0.493 e. The number of piperazine rings is 1. The fourth-order valence-corrected chi connectivity index (χ4v) is 3.85. The Balaban J connectivity index is 1.49. The number of rotatable bonds is 7. The van der Waals surface area contributed by atoms with E-state index in [1.54, 1.807) is 25.3 Å². The number of likely N-dealkylation sites (tertiary alicyclic amines) is 1. The van der Waals surface area contributed by atoms with Crippen LogP contribution in [0.4, 0.5) is 0 Å². The standard InChI is InChI=1S/C20H29N3O4/c1-26-18-5-3-15(13-19(18)27-2)17(24)4-6-20(25)23-10-7-16(14-23)22-11-8-21-9-12-22/h3,5,13,16,21H,4,6-12,14H2,1-2H3. The van der Waals surface area contributed by atoms with Crippen LogP contribution in [0.15, 0.2) is 18.2 Å². The van der Waals surface area contributed by atoms with Gasteiger partial charge in [0.25, 0.3) is 0 Å². The lowest BCUT2D eigenvalue weighted by Gasteiger charge is -2.32. The molecule has 7 heteroatoms. The first kappa shape index (κ1) is 19.6. The van der Waals surface area contributed by atoms with Gasteiger partial charge in [-0.3, -0.25) is 14.5 Å². The second kappa shape index (κ2) is 9.19. The van der Waals surface area contributed by atoms with Crippen LogP contribution in [0.25, 0.3) is 0 Å². The number of carbonyl (C=O) groups is 2. The molecule has 2 saturated heterocycles. The summed E-state index contributed by atoms with van der Waals surface area (Å²) in [6.07, 6.45) is 1.49. The maximum Gasteiger partial charge on any atom is 0.223 e. The lowest BCUT2D eigenvalue weighted by atomic mass is 10.1. The average molecular weight is 375 g/mol. The van der Waals surface area contributed by atoms with Crippen molar-refractivity contribution in [3.63, 3.8) is 0 Å². The molecule has 7 nitrogen and oxygen atoms in total. The Bertz CT molecular complexity index is 673. The minimum atomic E-state index is -0.0536. The zero-order valence-corrected chi connectivity index (χ0v) is 16.2.